The van der Waals surface area contributed by atoms with Crippen LogP contribution in [0.25, 0.3) is 0 Å². The average Bonchev–Trinajstić information content (AvgIpc) is 2.93. The van der Waals surface area contributed by atoms with E-state index >= 15 is 0 Å². The van der Waals surface area contributed by atoms with Gasteiger partial charge in [0.1, 0.15) is 6.04 Å². The number of imide groups is 2. The van der Waals surface area contributed by atoms with Gasteiger partial charge in [-0.25, -0.2) is 0 Å². The Bertz CT molecular complexity index is 1020. The van der Waals surface area contributed by atoms with E-state index in [9.17, 15) is 19.2 Å². The Hall–Kier alpha value is -3.19. The van der Waals surface area contributed by atoms with Gasteiger partial charge in [0.05, 0.1) is 11.1 Å². The lowest BCUT2D eigenvalue weighted by Gasteiger charge is -2.27. The molecule has 2 aliphatic heterocycles. The van der Waals surface area contributed by atoms with Crippen LogP contribution in [0.4, 0.5) is 5.69 Å². The summed E-state index contributed by atoms with van der Waals surface area (Å²) in [6, 6.07) is 11.3. The molecular formula is C20H16ClN3O4. The van der Waals surface area contributed by atoms with Crippen LogP contribution in [-0.4, -0.2) is 34.6 Å². The first-order valence-electron chi connectivity index (χ1n) is 8.79. The van der Waals surface area contributed by atoms with Crippen LogP contribution in [-0.2, 0) is 16.1 Å². The molecule has 2 aromatic carbocycles. The fraction of sp³-hybridized carbons (Fsp3) is 0.200. The molecule has 0 saturated carbocycles. The van der Waals surface area contributed by atoms with E-state index in [4.69, 9.17) is 11.6 Å². The minimum atomic E-state index is -0.985. The highest BCUT2D eigenvalue weighted by molar-refractivity contribution is 6.31. The maximum atomic E-state index is 13.0. The normalized spacial score (nSPS) is 18.9. The van der Waals surface area contributed by atoms with Crippen LogP contribution >= 0.6 is 11.6 Å². The maximum absolute atomic E-state index is 13.0. The van der Waals surface area contributed by atoms with Crippen molar-refractivity contribution in [3.63, 3.8) is 0 Å². The van der Waals surface area contributed by atoms with Crippen LogP contribution in [0, 0.1) is 0 Å². The van der Waals surface area contributed by atoms with Crippen molar-refractivity contribution >= 4 is 40.9 Å². The average molecular weight is 398 g/mol. The van der Waals surface area contributed by atoms with Crippen molar-refractivity contribution in [2.45, 2.75) is 25.4 Å². The Labute approximate surface area is 165 Å². The molecule has 2 aliphatic rings. The summed E-state index contributed by atoms with van der Waals surface area (Å²) >= 11 is 6.17. The lowest BCUT2D eigenvalue weighted by molar-refractivity contribution is -0.136. The second kappa shape index (κ2) is 7.09. The van der Waals surface area contributed by atoms with Gasteiger partial charge in [0, 0.05) is 23.7 Å². The second-order valence-electron chi connectivity index (χ2n) is 6.62. The molecule has 142 valence electrons. The number of nitrogens with one attached hydrogen (secondary N) is 2. The largest absolute Gasteiger partial charge is 0.380 e. The number of rotatable bonds is 4. The van der Waals surface area contributed by atoms with Crippen molar-refractivity contribution in [2.75, 3.05) is 5.32 Å². The molecule has 2 aromatic rings. The molecule has 0 aliphatic carbocycles. The van der Waals surface area contributed by atoms with Gasteiger partial charge in [-0.15, -0.1) is 0 Å². The van der Waals surface area contributed by atoms with Crippen molar-refractivity contribution in [1.29, 1.82) is 0 Å². The van der Waals surface area contributed by atoms with Crippen LogP contribution in [0.1, 0.15) is 39.1 Å². The molecule has 2 heterocycles. The number of amides is 4. The van der Waals surface area contributed by atoms with Crippen molar-refractivity contribution in [1.82, 2.24) is 10.2 Å². The van der Waals surface area contributed by atoms with E-state index in [1.54, 1.807) is 24.3 Å². The summed E-state index contributed by atoms with van der Waals surface area (Å²) in [5.74, 6) is -2.11. The topological polar surface area (TPSA) is 95.6 Å². The van der Waals surface area contributed by atoms with Gasteiger partial charge in [0.2, 0.25) is 11.8 Å². The highest BCUT2D eigenvalue weighted by Gasteiger charge is 2.45. The third-order valence-electron chi connectivity index (χ3n) is 4.90. The molecule has 28 heavy (non-hydrogen) atoms. The first-order chi connectivity index (χ1) is 13.5. The summed E-state index contributed by atoms with van der Waals surface area (Å²) in [4.78, 5) is 50.3. The van der Waals surface area contributed by atoms with E-state index in [1.807, 2.05) is 18.2 Å². The Morgan fingerprint density at radius 3 is 2.57 bits per heavy atom. The van der Waals surface area contributed by atoms with Crippen molar-refractivity contribution in [3.05, 3.63) is 64.2 Å². The first kappa shape index (κ1) is 18.2. The van der Waals surface area contributed by atoms with Gasteiger partial charge in [-0.2, -0.15) is 0 Å². The van der Waals surface area contributed by atoms with Crippen LogP contribution in [0.2, 0.25) is 5.02 Å². The molecule has 1 fully saturated rings. The Morgan fingerprint density at radius 2 is 1.82 bits per heavy atom. The number of anilines is 1. The standard InChI is InChI=1S/C20H16ClN3O4/c21-13-6-2-1-4-11(13)10-22-14-7-3-5-12-17(14)20(28)24(19(12)27)15-8-9-16(25)23-18(15)26/h1-7,15,22H,8-10H2,(H,23,25,26). The molecule has 0 bridgehead atoms. The van der Waals surface area contributed by atoms with E-state index in [-0.39, 0.29) is 24.0 Å². The second-order valence-corrected chi connectivity index (χ2v) is 7.03. The fourth-order valence-electron chi connectivity index (χ4n) is 3.49. The zero-order valence-corrected chi connectivity index (χ0v) is 15.5. The van der Waals surface area contributed by atoms with Crippen LogP contribution in [0.5, 0.6) is 0 Å². The molecule has 7 nitrogen and oxygen atoms in total. The van der Waals surface area contributed by atoms with Gasteiger partial charge in [-0.05, 0) is 30.2 Å². The van der Waals surface area contributed by atoms with E-state index in [1.165, 1.54) is 0 Å². The summed E-state index contributed by atoms with van der Waals surface area (Å²) in [5, 5.41) is 5.94. The van der Waals surface area contributed by atoms with Gasteiger partial charge in [-0.1, -0.05) is 35.9 Å². The SMILES string of the molecule is O=C1CCC(N2C(=O)c3cccc(NCc4ccccc4Cl)c3C2=O)C(=O)N1. The Morgan fingerprint density at radius 1 is 1.04 bits per heavy atom. The van der Waals surface area contributed by atoms with Crippen molar-refractivity contribution < 1.29 is 19.2 Å². The minimum absolute atomic E-state index is 0.0847. The number of fused-ring (bicyclic) bond motifs is 1. The summed E-state index contributed by atoms with van der Waals surface area (Å²) in [5.41, 5.74) is 1.80. The zero-order valence-electron chi connectivity index (χ0n) is 14.7. The molecular weight excluding hydrogens is 382 g/mol. The molecule has 2 N–H and O–H groups in total. The number of hydrogen-bond donors (Lipinski definition) is 2. The molecule has 1 saturated heterocycles. The van der Waals surface area contributed by atoms with Crippen molar-refractivity contribution in [3.8, 4) is 0 Å². The zero-order chi connectivity index (χ0) is 19.8. The summed E-state index contributed by atoms with van der Waals surface area (Å²) in [7, 11) is 0. The third kappa shape index (κ3) is 3.03. The number of halogens is 1. The van der Waals surface area contributed by atoms with Crippen molar-refractivity contribution in [2.24, 2.45) is 0 Å². The lowest BCUT2D eigenvalue weighted by atomic mass is 10.0. The van der Waals surface area contributed by atoms with Crippen LogP contribution in [0.3, 0.4) is 0 Å². The number of carbonyl (C=O) groups is 4. The molecule has 0 spiro atoms. The highest BCUT2D eigenvalue weighted by Crippen LogP contribution is 2.32. The molecule has 8 heteroatoms. The Balaban J connectivity index is 1.62. The van der Waals surface area contributed by atoms with E-state index < -0.39 is 29.7 Å². The number of nitrogens with zero attached hydrogens (tertiary/aromatic N) is 1. The molecule has 4 amide bonds. The smallest absolute Gasteiger partial charge is 0.264 e. The van der Waals surface area contributed by atoms with Gasteiger partial charge < -0.3 is 5.32 Å². The predicted octanol–water partition coefficient (Wildman–Crippen LogP) is 2.35. The van der Waals surface area contributed by atoms with Gasteiger partial charge in [0.15, 0.2) is 0 Å². The van der Waals surface area contributed by atoms with E-state index in [2.05, 4.69) is 10.6 Å². The molecule has 4 rings (SSSR count). The number of carbonyl (C=O) groups excluding carboxylic acids is 4. The number of piperidine rings is 1. The summed E-state index contributed by atoms with van der Waals surface area (Å²) < 4.78 is 0. The van der Waals surface area contributed by atoms with Gasteiger partial charge in [-0.3, -0.25) is 29.4 Å². The molecule has 1 unspecified atom stereocenters. The maximum Gasteiger partial charge on any atom is 0.264 e. The number of hydrogen-bond acceptors (Lipinski definition) is 5. The fourth-order valence-corrected chi connectivity index (χ4v) is 3.70. The van der Waals surface area contributed by atoms with Gasteiger partial charge >= 0.3 is 0 Å². The van der Waals surface area contributed by atoms with E-state index in [0.717, 1.165) is 10.5 Å². The Kier molecular flexibility index (Phi) is 4.60. The molecule has 0 radical (unpaired) electrons. The monoisotopic (exact) mass is 397 g/mol. The minimum Gasteiger partial charge on any atom is -0.380 e. The third-order valence-corrected chi connectivity index (χ3v) is 5.26. The highest BCUT2D eigenvalue weighted by atomic mass is 35.5. The number of benzene rings is 2. The lowest BCUT2D eigenvalue weighted by Crippen LogP contribution is -2.54. The van der Waals surface area contributed by atoms with Gasteiger partial charge in [0.25, 0.3) is 11.8 Å². The van der Waals surface area contributed by atoms with Crippen LogP contribution in [0.15, 0.2) is 42.5 Å². The van der Waals surface area contributed by atoms with Crippen LogP contribution < -0.4 is 10.6 Å². The molecule has 1 atom stereocenters. The van der Waals surface area contributed by atoms with E-state index in [0.29, 0.717) is 17.3 Å². The quantitative estimate of drug-likeness (QED) is 0.772. The molecule has 0 aromatic heterocycles. The predicted molar refractivity (Wildman–Crippen MR) is 102 cm³/mol. The first-order valence-corrected chi connectivity index (χ1v) is 9.17. The summed E-state index contributed by atoms with van der Waals surface area (Å²) in [6.45, 7) is 0.371. The summed E-state index contributed by atoms with van der Waals surface area (Å²) in [6.07, 6.45) is 0.208.